The van der Waals surface area contributed by atoms with Crippen LogP contribution in [0.4, 0.5) is 0 Å². The van der Waals surface area contributed by atoms with Crippen LogP contribution in [0.1, 0.15) is 89.9 Å². The molecule has 0 aliphatic carbocycles. The first-order valence-corrected chi connectivity index (χ1v) is 8.24. The molecule has 0 rings (SSSR count). The molecule has 0 N–H and O–H groups in total. The van der Waals surface area contributed by atoms with Crippen molar-refractivity contribution in [3.05, 3.63) is 0 Å². The van der Waals surface area contributed by atoms with Gasteiger partial charge in [-0.2, -0.15) is 0 Å². The van der Waals surface area contributed by atoms with Crippen molar-refractivity contribution in [1.29, 1.82) is 0 Å². The van der Waals surface area contributed by atoms with Gasteiger partial charge in [0, 0.05) is 25.7 Å². The molecule has 0 nitrogen and oxygen atoms in total. The van der Waals surface area contributed by atoms with E-state index < -0.39 is 0 Å². The van der Waals surface area contributed by atoms with Gasteiger partial charge in [-0.1, -0.05) is 38.5 Å². The Bertz CT molecular complexity index is 326. The van der Waals surface area contributed by atoms with E-state index in [9.17, 15) is 0 Å². The number of terminal acetylenes is 2. The van der Waals surface area contributed by atoms with Crippen molar-refractivity contribution in [2.75, 3.05) is 0 Å². The Hall–Kier alpha value is -1.32. The van der Waals surface area contributed by atoms with Crippen LogP contribution in [-0.4, -0.2) is 0 Å². The number of unbranched alkanes of at least 4 members (excludes halogenated alkanes) is 12. The van der Waals surface area contributed by atoms with Gasteiger partial charge in [0.2, 0.25) is 0 Å². The normalized spacial score (nSPS) is 9.30. The Labute approximate surface area is 127 Å². The molecule has 0 saturated carbocycles. The van der Waals surface area contributed by atoms with Crippen molar-refractivity contribution in [2.24, 2.45) is 0 Å². The van der Waals surface area contributed by atoms with Crippen molar-refractivity contribution in [2.45, 2.75) is 89.9 Å². The summed E-state index contributed by atoms with van der Waals surface area (Å²) in [5, 5.41) is 0. The van der Waals surface area contributed by atoms with Gasteiger partial charge in [0.25, 0.3) is 0 Å². The van der Waals surface area contributed by atoms with E-state index in [-0.39, 0.29) is 0 Å². The molecular weight excluding hydrogens is 240 g/mol. The van der Waals surface area contributed by atoms with Crippen LogP contribution in [0.2, 0.25) is 0 Å². The predicted octanol–water partition coefficient (Wildman–Crippen LogP) is 5.72. The fraction of sp³-hybridized carbons (Fsp3) is 0.700. The molecule has 0 aliphatic rings. The molecule has 0 aromatic rings. The van der Waals surface area contributed by atoms with Crippen LogP contribution >= 0.6 is 0 Å². The van der Waals surface area contributed by atoms with Gasteiger partial charge in [-0.15, -0.1) is 36.5 Å². The third-order valence-corrected chi connectivity index (χ3v) is 3.37. The largest absolute Gasteiger partial charge is 0.120 e. The third kappa shape index (κ3) is 16.7. The minimum Gasteiger partial charge on any atom is -0.120 e. The van der Waals surface area contributed by atoms with Gasteiger partial charge < -0.3 is 0 Å². The molecule has 0 aliphatic heterocycles. The lowest BCUT2D eigenvalue weighted by Crippen LogP contribution is -1.81. The maximum atomic E-state index is 5.22. The molecule has 0 radical (unpaired) electrons. The first kappa shape index (κ1) is 18.7. The van der Waals surface area contributed by atoms with Gasteiger partial charge >= 0.3 is 0 Å². The first-order chi connectivity index (χ1) is 9.91. The molecule has 0 heterocycles. The third-order valence-electron chi connectivity index (χ3n) is 3.37. The lowest BCUT2D eigenvalue weighted by molar-refractivity contribution is 0.573. The molecule has 0 fully saturated rings. The summed E-state index contributed by atoms with van der Waals surface area (Å²) >= 11 is 0. The summed E-state index contributed by atoms with van der Waals surface area (Å²) in [6.45, 7) is 0. The number of rotatable bonds is 12. The highest BCUT2D eigenvalue weighted by atomic mass is 14.0. The SMILES string of the molecule is C#CCCCCC#CCCCCCCCCCCC#C. The van der Waals surface area contributed by atoms with Gasteiger partial charge in [-0.3, -0.25) is 0 Å². The Morgan fingerprint density at radius 3 is 1.15 bits per heavy atom. The maximum Gasteiger partial charge on any atom is 0.00890 e. The molecule has 0 aromatic heterocycles. The smallest absolute Gasteiger partial charge is 0.00890 e. The predicted molar refractivity (Wildman–Crippen MR) is 90.1 cm³/mol. The zero-order chi connectivity index (χ0) is 14.7. The first-order valence-electron chi connectivity index (χ1n) is 8.24. The average molecular weight is 270 g/mol. The van der Waals surface area contributed by atoms with Crippen LogP contribution in [0.3, 0.4) is 0 Å². The zero-order valence-electron chi connectivity index (χ0n) is 13.1. The molecular formula is C20H30. The molecule has 0 aromatic carbocycles. The van der Waals surface area contributed by atoms with Crippen LogP contribution in [0.5, 0.6) is 0 Å². The van der Waals surface area contributed by atoms with Crippen LogP contribution in [-0.2, 0) is 0 Å². The Balaban J connectivity index is 3.08. The van der Waals surface area contributed by atoms with Crippen molar-refractivity contribution < 1.29 is 0 Å². The lowest BCUT2D eigenvalue weighted by Gasteiger charge is -2.00. The van der Waals surface area contributed by atoms with Crippen molar-refractivity contribution >= 4 is 0 Å². The number of hydrogen-bond donors (Lipinski definition) is 0. The van der Waals surface area contributed by atoms with E-state index in [1.807, 2.05) is 0 Å². The van der Waals surface area contributed by atoms with E-state index in [4.69, 9.17) is 12.8 Å². The molecule has 0 atom stereocenters. The molecule has 0 unspecified atom stereocenters. The summed E-state index contributed by atoms with van der Waals surface area (Å²) in [4.78, 5) is 0. The summed E-state index contributed by atoms with van der Waals surface area (Å²) in [5.41, 5.74) is 0. The molecule has 0 amide bonds. The van der Waals surface area contributed by atoms with Crippen molar-refractivity contribution in [3.63, 3.8) is 0 Å². The Morgan fingerprint density at radius 1 is 0.400 bits per heavy atom. The molecule has 0 spiro atoms. The van der Waals surface area contributed by atoms with Gasteiger partial charge in [0.1, 0.15) is 0 Å². The summed E-state index contributed by atoms with van der Waals surface area (Å²) in [5.74, 6) is 11.9. The summed E-state index contributed by atoms with van der Waals surface area (Å²) in [7, 11) is 0. The van der Waals surface area contributed by atoms with E-state index in [0.717, 1.165) is 38.5 Å². The molecule has 20 heavy (non-hydrogen) atoms. The van der Waals surface area contributed by atoms with E-state index in [1.165, 1.54) is 51.4 Å². The molecule has 110 valence electrons. The molecule has 0 saturated heterocycles. The van der Waals surface area contributed by atoms with Crippen LogP contribution < -0.4 is 0 Å². The lowest BCUT2D eigenvalue weighted by atomic mass is 10.1. The van der Waals surface area contributed by atoms with Crippen molar-refractivity contribution in [3.8, 4) is 36.5 Å². The monoisotopic (exact) mass is 270 g/mol. The maximum absolute atomic E-state index is 5.22. The van der Waals surface area contributed by atoms with Gasteiger partial charge in [0.15, 0.2) is 0 Å². The summed E-state index contributed by atoms with van der Waals surface area (Å²) in [6, 6.07) is 0. The van der Waals surface area contributed by atoms with E-state index in [2.05, 4.69) is 23.7 Å². The Kier molecular flexibility index (Phi) is 16.5. The topological polar surface area (TPSA) is 0 Å². The summed E-state index contributed by atoms with van der Waals surface area (Å²) in [6.07, 6.45) is 27.1. The van der Waals surface area contributed by atoms with Gasteiger partial charge in [-0.25, -0.2) is 0 Å². The molecule has 0 heteroatoms. The minimum absolute atomic E-state index is 0.893. The fourth-order valence-corrected chi connectivity index (χ4v) is 2.12. The quantitative estimate of drug-likeness (QED) is 0.314. The second kappa shape index (κ2) is 17.7. The fourth-order valence-electron chi connectivity index (χ4n) is 2.12. The van der Waals surface area contributed by atoms with Crippen molar-refractivity contribution in [1.82, 2.24) is 0 Å². The zero-order valence-corrected chi connectivity index (χ0v) is 13.1. The number of hydrogen-bond acceptors (Lipinski definition) is 0. The second-order valence-corrected chi connectivity index (χ2v) is 5.30. The van der Waals surface area contributed by atoms with E-state index in [1.54, 1.807) is 0 Å². The van der Waals surface area contributed by atoms with Crippen LogP contribution in [0.25, 0.3) is 0 Å². The van der Waals surface area contributed by atoms with E-state index in [0.29, 0.717) is 0 Å². The van der Waals surface area contributed by atoms with Gasteiger partial charge in [0.05, 0.1) is 0 Å². The highest BCUT2D eigenvalue weighted by molar-refractivity contribution is 4.98. The Morgan fingerprint density at radius 2 is 0.700 bits per heavy atom. The highest BCUT2D eigenvalue weighted by Crippen LogP contribution is 2.10. The van der Waals surface area contributed by atoms with Gasteiger partial charge in [-0.05, 0) is 25.7 Å². The van der Waals surface area contributed by atoms with Crippen LogP contribution in [0.15, 0.2) is 0 Å². The van der Waals surface area contributed by atoms with Crippen LogP contribution in [0, 0.1) is 36.5 Å². The minimum atomic E-state index is 0.893. The second-order valence-electron chi connectivity index (χ2n) is 5.30. The summed E-state index contributed by atoms with van der Waals surface area (Å²) < 4.78 is 0. The van der Waals surface area contributed by atoms with E-state index >= 15 is 0 Å². The standard InChI is InChI=1S/C20H30/c1-3-5-7-9-11-13-15-17-19-20-18-16-14-12-10-8-6-4-2/h1-2H,5-13,15,17-20H2. The highest BCUT2D eigenvalue weighted by Gasteiger charge is 1.91. The molecule has 0 bridgehead atoms. The average Bonchev–Trinajstić information content (AvgIpc) is 2.47.